The Morgan fingerprint density at radius 2 is 2.42 bits per heavy atom. The largest absolute Gasteiger partial charge is 0.338 e. The molecule has 0 spiro atoms. The molecule has 0 aliphatic carbocycles. The number of aryl methyl sites for hydroxylation is 1. The second kappa shape index (κ2) is 4.71. The van der Waals surface area contributed by atoms with Gasteiger partial charge in [-0.2, -0.15) is 4.98 Å². The molecule has 1 aliphatic heterocycles. The highest BCUT2D eigenvalue weighted by atomic mass is 32.1. The zero-order valence-corrected chi connectivity index (χ0v) is 11.4. The summed E-state index contributed by atoms with van der Waals surface area (Å²) >= 11 is 1.49. The number of thiazole rings is 1. The molecule has 0 radical (unpaired) electrons. The van der Waals surface area contributed by atoms with Gasteiger partial charge in [-0.05, 0) is 12.2 Å². The molecule has 1 N–H and O–H groups in total. The average molecular weight is 279 g/mol. The molecule has 0 aromatic carbocycles. The minimum Gasteiger partial charge on any atom is -0.338 e. The minimum absolute atomic E-state index is 0.0775. The number of anilines is 1. The van der Waals surface area contributed by atoms with Crippen molar-refractivity contribution in [2.24, 2.45) is 0 Å². The van der Waals surface area contributed by atoms with Crippen LogP contribution in [0.5, 0.6) is 0 Å². The first-order valence-corrected chi connectivity index (χ1v) is 6.80. The van der Waals surface area contributed by atoms with Crippen LogP contribution in [0.25, 0.3) is 0 Å². The van der Waals surface area contributed by atoms with E-state index in [9.17, 15) is 4.79 Å². The van der Waals surface area contributed by atoms with Crippen LogP contribution in [0.15, 0.2) is 10.0 Å². The zero-order chi connectivity index (χ0) is 13.4. The summed E-state index contributed by atoms with van der Waals surface area (Å²) in [6, 6.07) is -0.399. The Morgan fingerprint density at radius 3 is 3.11 bits per heavy atom. The van der Waals surface area contributed by atoms with E-state index >= 15 is 0 Å². The van der Waals surface area contributed by atoms with Crippen LogP contribution >= 0.6 is 11.3 Å². The fourth-order valence-electron chi connectivity index (χ4n) is 2.15. The molecule has 100 valence electrons. The van der Waals surface area contributed by atoms with Crippen molar-refractivity contribution in [3.63, 3.8) is 0 Å². The van der Waals surface area contributed by atoms with E-state index in [2.05, 4.69) is 20.4 Å². The summed E-state index contributed by atoms with van der Waals surface area (Å²) in [5.74, 6) is 0.685. The van der Waals surface area contributed by atoms with Gasteiger partial charge in [0.2, 0.25) is 5.89 Å². The van der Waals surface area contributed by atoms with Gasteiger partial charge in [0, 0.05) is 19.9 Å². The first-order chi connectivity index (χ1) is 9.20. The number of nitrogens with one attached hydrogen (secondary N) is 1. The predicted molar refractivity (Wildman–Crippen MR) is 69.0 cm³/mol. The van der Waals surface area contributed by atoms with Crippen molar-refractivity contribution in [1.82, 2.24) is 20.4 Å². The number of amides is 1. The second-order valence-corrected chi connectivity index (χ2v) is 5.12. The first kappa shape index (κ1) is 12.2. The maximum atomic E-state index is 12.6. The topological polar surface area (TPSA) is 84.2 Å². The standard InChI is InChI=1S/C11H13N5O2S/c1-6-14-11(15-18-6)16-4-3-7-9(19-5-13-7)8(12-2)10(16)17/h5,8,12H,3-4H2,1-2H3. The highest BCUT2D eigenvalue weighted by Gasteiger charge is 2.34. The average Bonchev–Trinajstić information content (AvgIpc) is 2.98. The smallest absolute Gasteiger partial charge is 0.272 e. The van der Waals surface area contributed by atoms with Gasteiger partial charge in [-0.1, -0.05) is 0 Å². The van der Waals surface area contributed by atoms with Crippen molar-refractivity contribution >= 4 is 23.2 Å². The minimum atomic E-state index is -0.399. The molecule has 0 fully saturated rings. The fraction of sp³-hybridized carbons (Fsp3) is 0.455. The molecule has 0 saturated carbocycles. The molecule has 19 heavy (non-hydrogen) atoms. The zero-order valence-electron chi connectivity index (χ0n) is 10.6. The summed E-state index contributed by atoms with van der Waals surface area (Å²) in [5, 5.41) is 6.86. The summed E-state index contributed by atoms with van der Waals surface area (Å²) in [6.45, 7) is 2.21. The van der Waals surface area contributed by atoms with Crippen molar-refractivity contribution in [2.75, 3.05) is 18.5 Å². The Balaban J connectivity index is 1.98. The van der Waals surface area contributed by atoms with Gasteiger partial charge >= 0.3 is 0 Å². The summed E-state index contributed by atoms with van der Waals surface area (Å²) in [5.41, 5.74) is 2.73. The molecule has 0 saturated heterocycles. The summed E-state index contributed by atoms with van der Waals surface area (Å²) < 4.78 is 4.95. The third kappa shape index (κ3) is 2.02. The number of rotatable bonds is 2. The van der Waals surface area contributed by atoms with Crippen LogP contribution in [-0.4, -0.2) is 34.6 Å². The van der Waals surface area contributed by atoms with Crippen LogP contribution in [0, 0.1) is 6.92 Å². The number of carbonyl (C=O) groups excluding carboxylic acids is 1. The van der Waals surface area contributed by atoms with Gasteiger partial charge in [0.1, 0.15) is 6.04 Å². The fourth-order valence-corrected chi connectivity index (χ4v) is 3.09. The van der Waals surface area contributed by atoms with Crippen LogP contribution in [0.3, 0.4) is 0 Å². The van der Waals surface area contributed by atoms with E-state index < -0.39 is 6.04 Å². The number of nitrogens with zero attached hydrogens (tertiary/aromatic N) is 4. The van der Waals surface area contributed by atoms with Crippen molar-refractivity contribution in [2.45, 2.75) is 19.4 Å². The number of hydrogen-bond acceptors (Lipinski definition) is 7. The molecule has 7 nitrogen and oxygen atoms in total. The number of carbonyl (C=O) groups is 1. The highest BCUT2D eigenvalue weighted by Crippen LogP contribution is 2.29. The van der Waals surface area contributed by atoms with Gasteiger partial charge in [-0.25, -0.2) is 4.98 Å². The quantitative estimate of drug-likeness (QED) is 0.870. The highest BCUT2D eigenvalue weighted by molar-refractivity contribution is 7.10. The molecule has 3 rings (SSSR count). The van der Waals surface area contributed by atoms with E-state index in [1.807, 2.05) is 0 Å². The predicted octanol–water partition coefficient (Wildman–Crippen LogP) is 0.684. The van der Waals surface area contributed by atoms with E-state index in [1.54, 1.807) is 24.4 Å². The van der Waals surface area contributed by atoms with E-state index in [0.717, 1.165) is 10.6 Å². The maximum absolute atomic E-state index is 12.6. The molecule has 3 heterocycles. The maximum Gasteiger partial charge on any atom is 0.272 e. The third-order valence-corrected chi connectivity index (χ3v) is 4.00. The number of fused-ring (bicyclic) bond motifs is 1. The molecule has 1 unspecified atom stereocenters. The number of hydrogen-bond donors (Lipinski definition) is 1. The SMILES string of the molecule is CNC1C(=O)N(c2noc(C)n2)CCc2ncsc21. The lowest BCUT2D eigenvalue weighted by molar-refractivity contribution is -0.120. The van der Waals surface area contributed by atoms with E-state index in [4.69, 9.17) is 4.52 Å². The summed E-state index contributed by atoms with van der Waals surface area (Å²) in [6.07, 6.45) is 0.691. The molecular formula is C11H13N5O2S. The normalized spacial score (nSPS) is 19.4. The van der Waals surface area contributed by atoms with Crippen LogP contribution in [0.1, 0.15) is 22.5 Å². The van der Waals surface area contributed by atoms with Gasteiger partial charge < -0.3 is 9.84 Å². The van der Waals surface area contributed by atoms with Crippen LogP contribution in [-0.2, 0) is 11.2 Å². The van der Waals surface area contributed by atoms with Crippen molar-refractivity contribution in [1.29, 1.82) is 0 Å². The van der Waals surface area contributed by atoms with Crippen LogP contribution < -0.4 is 10.2 Å². The van der Waals surface area contributed by atoms with E-state index in [1.165, 1.54) is 11.3 Å². The molecule has 2 aromatic heterocycles. The lowest BCUT2D eigenvalue weighted by atomic mass is 10.2. The third-order valence-electron chi connectivity index (χ3n) is 3.07. The Morgan fingerprint density at radius 1 is 1.58 bits per heavy atom. The van der Waals surface area contributed by atoms with Gasteiger partial charge in [0.05, 0.1) is 16.1 Å². The Labute approximate surface area is 113 Å². The number of aromatic nitrogens is 3. The van der Waals surface area contributed by atoms with Crippen molar-refractivity contribution in [3.8, 4) is 0 Å². The summed E-state index contributed by atoms with van der Waals surface area (Å²) in [4.78, 5) is 23.5. The lowest BCUT2D eigenvalue weighted by Gasteiger charge is -2.20. The van der Waals surface area contributed by atoms with Gasteiger partial charge in [0.25, 0.3) is 11.9 Å². The Kier molecular flexibility index (Phi) is 3.03. The molecule has 1 aliphatic rings. The first-order valence-electron chi connectivity index (χ1n) is 5.92. The van der Waals surface area contributed by atoms with E-state index in [-0.39, 0.29) is 5.91 Å². The van der Waals surface area contributed by atoms with E-state index in [0.29, 0.717) is 24.8 Å². The molecule has 1 atom stereocenters. The summed E-state index contributed by atoms with van der Waals surface area (Å²) in [7, 11) is 1.76. The van der Waals surface area contributed by atoms with Gasteiger partial charge in [0.15, 0.2) is 0 Å². The van der Waals surface area contributed by atoms with Gasteiger partial charge in [-0.3, -0.25) is 9.69 Å². The van der Waals surface area contributed by atoms with Crippen LogP contribution in [0.4, 0.5) is 5.95 Å². The molecule has 1 amide bonds. The molecule has 2 aromatic rings. The number of likely N-dealkylation sites (N-methyl/N-ethyl adjacent to an activating group) is 1. The van der Waals surface area contributed by atoms with Crippen molar-refractivity contribution in [3.05, 3.63) is 22.0 Å². The van der Waals surface area contributed by atoms with Crippen LogP contribution in [0.2, 0.25) is 0 Å². The monoisotopic (exact) mass is 279 g/mol. The van der Waals surface area contributed by atoms with Crippen molar-refractivity contribution < 1.29 is 9.32 Å². The Hall–Kier alpha value is -1.80. The second-order valence-electron chi connectivity index (χ2n) is 4.24. The molecule has 8 heteroatoms. The lowest BCUT2D eigenvalue weighted by Crippen LogP contribution is -2.39. The Bertz CT molecular complexity index is 608. The molecular weight excluding hydrogens is 266 g/mol. The molecule has 0 bridgehead atoms. The van der Waals surface area contributed by atoms with Gasteiger partial charge in [-0.15, -0.1) is 11.3 Å².